The molecular weight excluding hydrogens is 350 g/mol. The second-order valence-electron chi connectivity index (χ2n) is 6.12. The Morgan fingerprint density at radius 1 is 1.33 bits per heavy atom. The third kappa shape index (κ3) is 3.54. The van der Waals surface area contributed by atoms with Gasteiger partial charge in [0.1, 0.15) is 11.4 Å². The summed E-state index contributed by atoms with van der Waals surface area (Å²) < 4.78 is 3.08. The van der Waals surface area contributed by atoms with Crippen LogP contribution in [-0.4, -0.2) is 36.7 Å². The van der Waals surface area contributed by atoms with Gasteiger partial charge >= 0.3 is 5.69 Å². The first-order chi connectivity index (χ1) is 13.0. The number of nitrogens with zero attached hydrogens (tertiary/aromatic N) is 3. The normalized spacial score (nSPS) is 12.3. The summed E-state index contributed by atoms with van der Waals surface area (Å²) in [5.41, 5.74) is 0.138. The summed E-state index contributed by atoms with van der Waals surface area (Å²) in [6.45, 7) is 4.14. The van der Waals surface area contributed by atoms with E-state index in [1.54, 1.807) is 6.92 Å². The van der Waals surface area contributed by atoms with Gasteiger partial charge in [0.25, 0.3) is 11.5 Å². The number of carbonyl (C=O) groups is 1. The quantitative estimate of drug-likeness (QED) is 0.579. The van der Waals surface area contributed by atoms with Crippen molar-refractivity contribution in [2.24, 2.45) is 0 Å². The van der Waals surface area contributed by atoms with Crippen molar-refractivity contribution >= 4 is 16.9 Å². The molecule has 27 heavy (non-hydrogen) atoms. The van der Waals surface area contributed by atoms with E-state index in [2.05, 4.69) is 15.3 Å². The molecule has 3 rings (SSSR count). The van der Waals surface area contributed by atoms with Crippen LogP contribution in [0.4, 0.5) is 0 Å². The highest BCUT2D eigenvalue weighted by Crippen LogP contribution is 2.20. The Hall–Kier alpha value is -3.20. The molecule has 1 atom stereocenters. The number of aryl methyl sites for hydroxylation is 1. The molecule has 0 spiro atoms. The van der Waals surface area contributed by atoms with E-state index in [4.69, 9.17) is 5.11 Å². The number of carbonyl (C=O) groups excluding carboxylic acids is 1. The summed E-state index contributed by atoms with van der Waals surface area (Å²) in [5.74, 6) is 0.0531. The highest BCUT2D eigenvalue weighted by Gasteiger charge is 2.20. The molecule has 142 valence electrons. The van der Waals surface area contributed by atoms with Crippen molar-refractivity contribution in [1.82, 2.24) is 24.4 Å². The number of rotatable bonds is 6. The number of imidazole rings is 1. The Bertz CT molecular complexity index is 1100. The fourth-order valence-electron chi connectivity index (χ4n) is 3.04. The van der Waals surface area contributed by atoms with Crippen LogP contribution in [0, 0.1) is 0 Å². The van der Waals surface area contributed by atoms with Gasteiger partial charge in [0.15, 0.2) is 0 Å². The minimum atomic E-state index is -0.775. The van der Waals surface area contributed by atoms with Gasteiger partial charge < -0.3 is 15.0 Å². The van der Waals surface area contributed by atoms with Crippen LogP contribution < -0.4 is 16.6 Å². The molecule has 0 saturated carbocycles. The van der Waals surface area contributed by atoms with Gasteiger partial charge in [-0.05, 0) is 26.0 Å². The van der Waals surface area contributed by atoms with Crippen molar-refractivity contribution in [1.29, 1.82) is 0 Å². The molecule has 1 aromatic carbocycles. The van der Waals surface area contributed by atoms with E-state index in [9.17, 15) is 14.4 Å². The lowest BCUT2D eigenvalue weighted by Gasteiger charge is -2.15. The van der Waals surface area contributed by atoms with E-state index in [1.165, 1.54) is 0 Å². The van der Waals surface area contributed by atoms with Crippen LogP contribution in [0.15, 0.2) is 40.1 Å². The highest BCUT2D eigenvalue weighted by molar-refractivity contribution is 5.93. The first-order valence-electron chi connectivity index (χ1n) is 8.67. The zero-order valence-electron chi connectivity index (χ0n) is 15.1. The Morgan fingerprint density at radius 2 is 2.07 bits per heavy atom. The van der Waals surface area contributed by atoms with Gasteiger partial charge in [-0.25, -0.2) is 9.78 Å². The maximum atomic E-state index is 12.6. The third-order valence-corrected chi connectivity index (χ3v) is 4.33. The summed E-state index contributed by atoms with van der Waals surface area (Å²) in [4.78, 5) is 43.0. The van der Waals surface area contributed by atoms with Crippen LogP contribution in [0.1, 0.15) is 36.1 Å². The fraction of sp³-hybridized carbons (Fsp3) is 0.333. The van der Waals surface area contributed by atoms with Crippen LogP contribution in [0.25, 0.3) is 11.0 Å². The maximum absolute atomic E-state index is 12.6. The van der Waals surface area contributed by atoms with Gasteiger partial charge in [-0.2, -0.15) is 0 Å². The fourth-order valence-corrected chi connectivity index (χ4v) is 3.04. The van der Waals surface area contributed by atoms with Crippen molar-refractivity contribution in [2.45, 2.75) is 33.0 Å². The molecule has 0 aliphatic carbocycles. The van der Waals surface area contributed by atoms with Crippen molar-refractivity contribution in [3.05, 3.63) is 62.7 Å². The predicted molar refractivity (Wildman–Crippen MR) is 99.7 cm³/mol. The molecular formula is C18H21N5O4. The van der Waals surface area contributed by atoms with Crippen molar-refractivity contribution < 1.29 is 9.90 Å². The van der Waals surface area contributed by atoms with Crippen LogP contribution in [0.5, 0.6) is 0 Å². The van der Waals surface area contributed by atoms with Crippen molar-refractivity contribution in [2.75, 3.05) is 6.61 Å². The van der Waals surface area contributed by atoms with Crippen LogP contribution >= 0.6 is 0 Å². The zero-order valence-corrected chi connectivity index (χ0v) is 15.1. The van der Waals surface area contributed by atoms with Gasteiger partial charge in [-0.1, -0.05) is 12.1 Å². The average molecular weight is 371 g/mol. The molecule has 0 unspecified atom stereocenters. The number of aliphatic hydroxyl groups is 1. The van der Waals surface area contributed by atoms with Gasteiger partial charge in [0, 0.05) is 12.7 Å². The van der Waals surface area contributed by atoms with E-state index < -0.39 is 23.2 Å². The number of para-hydroxylation sites is 2. The summed E-state index contributed by atoms with van der Waals surface area (Å²) in [6.07, 6.45) is 1.15. The van der Waals surface area contributed by atoms with E-state index in [0.717, 1.165) is 21.8 Å². The molecule has 3 N–H and O–H groups in total. The second-order valence-corrected chi connectivity index (χ2v) is 6.12. The Balaban J connectivity index is 1.92. The molecule has 0 aliphatic rings. The number of H-pyrrole nitrogens is 1. The first-order valence-corrected chi connectivity index (χ1v) is 8.67. The number of hydrogen-bond acceptors (Lipinski definition) is 5. The molecule has 0 bridgehead atoms. The summed E-state index contributed by atoms with van der Waals surface area (Å²) in [5, 5.41) is 11.8. The lowest BCUT2D eigenvalue weighted by molar-refractivity contribution is 0.0934. The standard InChI is InChI=1S/C18H21N5O4/c1-3-23-14-7-5-4-6-13(14)20-15(23)11(2)19-16(25)12-10-22(8-9-24)18(27)21-17(12)26/h4-7,10-11,24H,3,8-9H2,1-2H3,(H,19,25)(H,21,26,27)/t11-/m0/s1. The summed E-state index contributed by atoms with van der Waals surface area (Å²) in [7, 11) is 0. The minimum absolute atomic E-state index is 0.0168. The lowest BCUT2D eigenvalue weighted by Crippen LogP contribution is -2.38. The Kier molecular flexibility index (Phi) is 5.22. The molecule has 3 aromatic rings. The van der Waals surface area contributed by atoms with Crippen LogP contribution in [0.3, 0.4) is 0 Å². The maximum Gasteiger partial charge on any atom is 0.328 e. The average Bonchev–Trinajstić information content (AvgIpc) is 3.02. The lowest BCUT2D eigenvalue weighted by atomic mass is 10.2. The van der Waals surface area contributed by atoms with E-state index >= 15 is 0 Å². The zero-order chi connectivity index (χ0) is 19.6. The Morgan fingerprint density at radius 3 is 2.78 bits per heavy atom. The Labute approximate surface area is 154 Å². The molecule has 9 nitrogen and oxygen atoms in total. The van der Waals surface area contributed by atoms with Gasteiger partial charge in [-0.15, -0.1) is 0 Å². The number of nitrogens with one attached hydrogen (secondary N) is 2. The molecule has 2 heterocycles. The second kappa shape index (κ2) is 7.58. The number of amides is 1. The number of benzene rings is 1. The topological polar surface area (TPSA) is 122 Å². The minimum Gasteiger partial charge on any atom is -0.395 e. The highest BCUT2D eigenvalue weighted by atomic mass is 16.3. The molecule has 9 heteroatoms. The largest absolute Gasteiger partial charge is 0.395 e. The molecule has 2 aromatic heterocycles. The van der Waals surface area contributed by atoms with Gasteiger partial charge in [0.2, 0.25) is 0 Å². The number of hydrogen-bond donors (Lipinski definition) is 3. The van der Waals surface area contributed by atoms with Crippen molar-refractivity contribution in [3.63, 3.8) is 0 Å². The van der Waals surface area contributed by atoms with Crippen LogP contribution in [0.2, 0.25) is 0 Å². The number of aromatic amines is 1. The third-order valence-electron chi connectivity index (χ3n) is 4.33. The predicted octanol–water partition coefficient (Wildman–Crippen LogP) is 0.390. The number of aromatic nitrogens is 4. The number of fused-ring (bicyclic) bond motifs is 1. The molecule has 0 fully saturated rings. The molecule has 0 radical (unpaired) electrons. The first kappa shape index (κ1) is 18.6. The molecule has 0 saturated heterocycles. The SMILES string of the molecule is CCn1c([C@H](C)NC(=O)c2cn(CCO)c(=O)[nH]c2=O)nc2ccccc21. The van der Waals surface area contributed by atoms with E-state index in [0.29, 0.717) is 12.4 Å². The summed E-state index contributed by atoms with van der Waals surface area (Å²) in [6, 6.07) is 7.22. The smallest absolute Gasteiger partial charge is 0.328 e. The number of aliphatic hydroxyl groups excluding tert-OH is 1. The monoisotopic (exact) mass is 371 g/mol. The van der Waals surface area contributed by atoms with Crippen molar-refractivity contribution in [3.8, 4) is 0 Å². The van der Waals surface area contributed by atoms with Crippen LogP contribution in [-0.2, 0) is 13.1 Å². The van der Waals surface area contributed by atoms with Gasteiger partial charge in [0.05, 0.1) is 30.2 Å². The summed E-state index contributed by atoms with van der Waals surface area (Å²) >= 11 is 0. The van der Waals surface area contributed by atoms with Gasteiger partial charge in [-0.3, -0.25) is 19.1 Å². The van der Waals surface area contributed by atoms with E-state index in [1.807, 2.05) is 35.8 Å². The molecule has 0 aliphatic heterocycles. The van der Waals surface area contributed by atoms with E-state index in [-0.39, 0.29) is 18.7 Å². The molecule has 1 amide bonds.